The van der Waals surface area contributed by atoms with Gasteiger partial charge in [0.1, 0.15) is 0 Å². The molecule has 0 bridgehead atoms. The topological polar surface area (TPSA) is 78.6 Å². The van der Waals surface area contributed by atoms with Crippen LogP contribution in [0.25, 0.3) is 0 Å². The van der Waals surface area contributed by atoms with Crippen molar-refractivity contribution in [1.29, 1.82) is 0 Å². The van der Waals surface area contributed by atoms with E-state index < -0.39 is 12.1 Å². The molecule has 5 nitrogen and oxygen atoms in total. The number of hydrogen-bond acceptors (Lipinski definition) is 5. The molecule has 0 heterocycles. The summed E-state index contributed by atoms with van der Waals surface area (Å²) in [5.74, 6) is -0.529. The molecule has 12 heavy (non-hydrogen) atoms. The minimum atomic E-state index is -0.711. The van der Waals surface area contributed by atoms with E-state index in [2.05, 4.69) is 34.1 Å². The highest BCUT2D eigenvalue weighted by atomic mass is 32.1. The molecule has 1 amide bonds. The number of ether oxygens (including phenoxy) is 1. The van der Waals surface area contributed by atoms with Crippen LogP contribution in [0.3, 0.4) is 0 Å². The Morgan fingerprint density at radius 3 is 2.17 bits per heavy atom. The van der Waals surface area contributed by atoms with Gasteiger partial charge < -0.3 is 14.7 Å². The molecule has 0 aromatic rings. The molecule has 0 aromatic carbocycles. The van der Waals surface area contributed by atoms with Crippen LogP contribution < -0.4 is 5.73 Å². The molecule has 0 rings (SSSR count). The van der Waals surface area contributed by atoms with Crippen LogP contribution in [0.15, 0.2) is 12.7 Å². The molecule has 2 N–H and O–H groups in total. The predicted molar refractivity (Wildman–Crippen MR) is 46.5 cm³/mol. The Morgan fingerprint density at radius 2 is 2.17 bits per heavy atom. The first-order chi connectivity index (χ1) is 5.58. The van der Waals surface area contributed by atoms with Gasteiger partial charge in [-0.15, -0.1) is 0 Å². The first-order valence-electron chi connectivity index (χ1n) is 2.98. The first-order valence-corrected chi connectivity index (χ1v) is 3.35. The molecular weight excluding hydrogens is 182 g/mol. The van der Waals surface area contributed by atoms with Gasteiger partial charge in [0.15, 0.2) is 0 Å². The van der Waals surface area contributed by atoms with Gasteiger partial charge >= 0.3 is 12.1 Å². The number of hydrogen-bond donors (Lipinski definition) is 2. The Labute approximate surface area is 76.1 Å². The number of amides is 1. The fourth-order valence-electron chi connectivity index (χ4n) is 0.180. The molecule has 0 radical (unpaired) electrons. The van der Waals surface area contributed by atoms with Crippen molar-refractivity contribution in [3.05, 3.63) is 12.7 Å². The maximum atomic E-state index is 9.76. The molecular formula is C6H11NO4S. The second-order valence-corrected chi connectivity index (χ2v) is 1.55. The average molecular weight is 193 g/mol. The molecule has 0 saturated carbocycles. The van der Waals surface area contributed by atoms with E-state index in [1.807, 2.05) is 0 Å². The molecule has 0 aliphatic heterocycles. The monoisotopic (exact) mass is 193 g/mol. The van der Waals surface area contributed by atoms with E-state index in [4.69, 9.17) is 0 Å². The van der Waals surface area contributed by atoms with Crippen molar-refractivity contribution in [2.24, 2.45) is 5.73 Å². The molecule has 0 saturated heterocycles. The lowest BCUT2D eigenvalue weighted by atomic mass is 10.7. The zero-order valence-corrected chi connectivity index (χ0v) is 7.54. The van der Waals surface area contributed by atoms with Crippen LogP contribution in [0.1, 0.15) is 6.92 Å². The van der Waals surface area contributed by atoms with E-state index in [-0.39, 0.29) is 0 Å². The van der Waals surface area contributed by atoms with Gasteiger partial charge in [-0.25, -0.2) is 9.59 Å². The fraction of sp³-hybridized carbons (Fsp3) is 0.333. The second kappa shape index (κ2) is 9.83. The zero-order valence-electron chi connectivity index (χ0n) is 6.65. The van der Waals surface area contributed by atoms with E-state index in [0.29, 0.717) is 6.61 Å². The molecule has 0 fully saturated rings. The normalized spacial score (nSPS) is 7.17. The summed E-state index contributed by atoms with van der Waals surface area (Å²) in [4.78, 5) is 19.4. The number of thiol groups is 1. The summed E-state index contributed by atoms with van der Waals surface area (Å²) < 4.78 is 8.02. The Bertz CT molecular complexity index is 160. The van der Waals surface area contributed by atoms with Crippen LogP contribution in [-0.4, -0.2) is 18.7 Å². The SMILES string of the molecule is C=CC(=O)OS.CCOC(N)=O. The van der Waals surface area contributed by atoms with Gasteiger partial charge in [0.05, 0.1) is 6.61 Å². The highest BCUT2D eigenvalue weighted by Gasteiger charge is 1.83. The Hall–Kier alpha value is -1.17. The van der Waals surface area contributed by atoms with Gasteiger partial charge in [0, 0.05) is 19.0 Å². The lowest BCUT2D eigenvalue weighted by Crippen LogP contribution is -2.11. The summed E-state index contributed by atoms with van der Waals surface area (Å²) in [6.07, 6.45) is 0.324. The number of nitrogens with two attached hydrogens (primary N) is 1. The summed E-state index contributed by atoms with van der Waals surface area (Å²) in [6.45, 7) is 5.16. The number of carbonyl (C=O) groups is 2. The predicted octanol–water partition coefficient (Wildman–Crippen LogP) is 0.662. The quantitative estimate of drug-likeness (QED) is 0.383. The van der Waals surface area contributed by atoms with Gasteiger partial charge in [-0.05, 0) is 6.92 Å². The Balaban J connectivity index is 0. The van der Waals surface area contributed by atoms with Crippen molar-refractivity contribution in [2.75, 3.05) is 6.61 Å². The van der Waals surface area contributed by atoms with Gasteiger partial charge in [-0.1, -0.05) is 6.58 Å². The Kier molecular flexibility index (Phi) is 11.0. The molecule has 0 aliphatic rings. The second-order valence-electron chi connectivity index (χ2n) is 1.37. The number of carbonyl (C=O) groups excluding carboxylic acids is 2. The molecule has 0 atom stereocenters. The van der Waals surface area contributed by atoms with E-state index in [1.54, 1.807) is 6.92 Å². The van der Waals surface area contributed by atoms with E-state index >= 15 is 0 Å². The van der Waals surface area contributed by atoms with Gasteiger partial charge in [-0.3, -0.25) is 0 Å². The highest BCUT2D eigenvalue weighted by molar-refractivity contribution is 7.75. The van der Waals surface area contributed by atoms with Crippen molar-refractivity contribution in [3.8, 4) is 0 Å². The van der Waals surface area contributed by atoms with Crippen LogP contribution in [0.4, 0.5) is 4.79 Å². The van der Waals surface area contributed by atoms with Crippen LogP contribution in [0.2, 0.25) is 0 Å². The largest absolute Gasteiger partial charge is 0.450 e. The minimum absolute atomic E-state index is 0.356. The third-order valence-corrected chi connectivity index (χ3v) is 0.723. The Morgan fingerprint density at radius 1 is 1.67 bits per heavy atom. The van der Waals surface area contributed by atoms with Crippen molar-refractivity contribution >= 4 is 25.0 Å². The molecule has 0 aliphatic carbocycles. The van der Waals surface area contributed by atoms with Crippen molar-refractivity contribution < 1.29 is 18.5 Å². The number of primary amides is 1. The van der Waals surface area contributed by atoms with Crippen LogP contribution in [0, 0.1) is 0 Å². The van der Waals surface area contributed by atoms with Crippen molar-refractivity contribution in [2.45, 2.75) is 6.92 Å². The molecule has 0 spiro atoms. The third-order valence-electron chi connectivity index (χ3n) is 0.543. The highest BCUT2D eigenvalue weighted by Crippen LogP contribution is 1.78. The molecule has 6 heteroatoms. The van der Waals surface area contributed by atoms with E-state index in [0.717, 1.165) is 6.08 Å². The fourth-order valence-corrected chi connectivity index (χ4v) is 0.254. The van der Waals surface area contributed by atoms with Gasteiger partial charge in [-0.2, -0.15) is 0 Å². The van der Waals surface area contributed by atoms with Gasteiger partial charge in [0.25, 0.3) is 0 Å². The summed E-state index contributed by atoms with van der Waals surface area (Å²) in [5, 5.41) is 0. The average Bonchev–Trinajstić information content (AvgIpc) is 2.04. The maximum Gasteiger partial charge on any atom is 0.404 e. The third kappa shape index (κ3) is 15.9. The van der Waals surface area contributed by atoms with Crippen molar-refractivity contribution in [1.82, 2.24) is 0 Å². The molecule has 0 aromatic heterocycles. The first kappa shape index (κ1) is 13.4. The van der Waals surface area contributed by atoms with E-state index in [9.17, 15) is 9.59 Å². The summed E-state index contributed by atoms with van der Waals surface area (Å²) in [5.41, 5.74) is 4.54. The van der Waals surface area contributed by atoms with Crippen LogP contribution in [-0.2, 0) is 13.7 Å². The van der Waals surface area contributed by atoms with Crippen molar-refractivity contribution in [3.63, 3.8) is 0 Å². The summed E-state index contributed by atoms with van der Waals surface area (Å²) in [7, 11) is 0. The standard InChI is InChI=1S/C3H7NO2.C3H4O2S/c1-2-6-3(4)5;1-2-3(4)5-6/h2H2,1H3,(H2,4,5);2,6H,1H2. The molecule has 70 valence electrons. The van der Waals surface area contributed by atoms with Gasteiger partial charge in [0.2, 0.25) is 0 Å². The lowest BCUT2D eigenvalue weighted by Gasteiger charge is -1.89. The summed E-state index contributed by atoms with van der Waals surface area (Å²) >= 11 is 3.17. The smallest absolute Gasteiger partial charge is 0.404 e. The summed E-state index contributed by atoms with van der Waals surface area (Å²) in [6, 6.07) is 0. The van der Waals surface area contributed by atoms with E-state index in [1.165, 1.54) is 0 Å². The minimum Gasteiger partial charge on any atom is -0.450 e. The number of rotatable bonds is 2. The maximum absolute atomic E-state index is 9.76. The lowest BCUT2D eigenvalue weighted by molar-refractivity contribution is -0.127. The van der Waals surface area contributed by atoms with Crippen LogP contribution in [0.5, 0.6) is 0 Å². The zero-order chi connectivity index (χ0) is 9.98. The molecule has 0 unspecified atom stereocenters. The van der Waals surface area contributed by atoms with Crippen LogP contribution >= 0.6 is 12.9 Å².